The fourth-order valence-electron chi connectivity index (χ4n) is 1.37. The summed E-state index contributed by atoms with van der Waals surface area (Å²) in [6.07, 6.45) is 1.72. The highest BCUT2D eigenvalue weighted by molar-refractivity contribution is 5.98. The Bertz CT molecular complexity index is 473. The molecule has 0 aliphatic rings. The lowest BCUT2D eigenvalue weighted by atomic mass is 10.1. The van der Waals surface area contributed by atoms with Crippen LogP contribution in [-0.2, 0) is 0 Å². The molecule has 1 heterocycles. The Morgan fingerprint density at radius 2 is 2.31 bits per heavy atom. The number of nitrogens with one attached hydrogen (secondary N) is 1. The van der Waals surface area contributed by atoms with E-state index in [0.717, 1.165) is 16.5 Å². The van der Waals surface area contributed by atoms with E-state index in [1.807, 2.05) is 13.0 Å². The monoisotopic (exact) mass is 175 g/mol. The molecule has 1 amide bonds. The SMILES string of the molecule is Cc1cc2cn[nH]c2cc1C(N)=O. The molecule has 0 bridgehead atoms. The number of fused-ring (bicyclic) bond motifs is 1. The van der Waals surface area contributed by atoms with Crippen LogP contribution in [0.25, 0.3) is 10.9 Å². The van der Waals surface area contributed by atoms with E-state index in [1.165, 1.54) is 0 Å². The first-order valence-corrected chi connectivity index (χ1v) is 3.92. The average molecular weight is 175 g/mol. The van der Waals surface area contributed by atoms with Crippen molar-refractivity contribution in [1.82, 2.24) is 10.2 Å². The van der Waals surface area contributed by atoms with Gasteiger partial charge in [0.1, 0.15) is 0 Å². The molecule has 4 heteroatoms. The first-order valence-electron chi connectivity index (χ1n) is 3.92. The summed E-state index contributed by atoms with van der Waals surface area (Å²) in [5, 5.41) is 7.64. The van der Waals surface area contributed by atoms with Crippen LogP contribution in [0.5, 0.6) is 0 Å². The first kappa shape index (κ1) is 7.79. The number of aromatic amines is 1. The fourth-order valence-corrected chi connectivity index (χ4v) is 1.37. The van der Waals surface area contributed by atoms with Gasteiger partial charge in [0.25, 0.3) is 0 Å². The summed E-state index contributed by atoms with van der Waals surface area (Å²) < 4.78 is 0. The molecule has 0 saturated heterocycles. The van der Waals surface area contributed by atoms with Crippen molar-refractivity contribution in [3.05, 3.63) is 29.5 Å². The average Bonchev–Trinajstić information content (AvgIpc) is 2.48. The summed E-state index contributed by atoms with van der Waals surface area (Å²) in [4.78, 5) is 11.0. The number of nitrogens with zero attached hydrogens (tertiary/aromatic N) is 1. The molecule has 3 N–H and O–H groups in total. The van der Waals surface area contributed by atoms with E-state index in [0.29, 0.717) is 5.56 Å². The standard InChI is InChI=1S/C9H9N3O/c1-5-2-6-4-11-12-8(6)3-7(5)9(10)13/h2-4H,1H3,(H2,10,13)(H,11,12). The van der Waals surface area contributed by atoms with Crippen LogP contribution in [-0.4, -0.2) is 16.1 Å². The number of hydrogen-bond donors (Lipinski definition) is 2. The van der Waals surface area contributed by atoms with Crippen molar-refractivity contribution in [3.8, 4) is 0 Å². The lowest BCUT2D eigenvalue weighted by Crippen LogP contribution is -2.12. The Morgan fingerprint density at radius 3 is 3.00 bits per heavy atom. The molecule has 2 aromatic rings. The maximum Gasteiger partial charge on any atom is 0.249 e. The predicted octanol–water partition coefficient (Wildman–Crippen LogP) is 0.970. The topological polar surface area (TPSA) is 71.8 Å². The van der Waals surface area contributed by atoms with E-state index in [9.17, 15) is 4.79 Å². The molecule has 0 aliphatic carbocycles. The highest BCUT2D eigenvalue weighted by Gasteiger charge is 2.06. The number of benzene rings is 1. The molecule has 0 fully saturated rings. The van der Waals surface area contributed by atoms with Crippen LogP contribution in [0.1, 0.15) is 15.9 Å². The van der Waals surface area contributed by atoms with Crippen molar-refractivity contribution in [2.45, 2.75) is 6.92 Å². The molecule has 66 valence electrons. The summed E-state index contributed by atoms with van der Waals surface area (Å²) in [6, 6.07) is 3.61. The molecule has 0 unspecified atom stereocenters. The molecule has 0 atom stereocenters. The first-order chi connectivity index (χ1) is 6.18. The number of hydrogen-bond acceptors (Lipinski definition) is 2. The van der Waals surface area contributed by atoms with Crippen molar-refractivity contribution in [2.75, 3.05) is 0 Å². The number of nitrogens with two attached hydrogens (primary N) is 1. The second kappa shape index (κ2) is 2.58. The van der Waals surface area contributed by atoms with Crippen LogP contribution in [0.3, 0.4) is 0 Å². The summed E-state index contributed by atoms with van der Waals surface area (Å²) in [6.45, 7) is 1.85. The molecule has 13 heavy (non-hydrogen) atoms. The van der Waals surface area contributed by atoms with E-state index in [4.69, 9.17) is 5.73 Å². The van der Waals surface area contributed by atoms with E-state index >= 15 is 0 Å². The number of carbonyl (C=O) groups excluding carboxylic acids is 1. The third-order valence-corrected chi connectivity index (χ3v) is 2.05. The van der Waals surface area contributed by atoms with Gasteiger partial charge < -0.3 is 5.73 Å². The smallest absolute Gasteiger partial charge is 0.249 e. The van der Waals surface area contributed by atoms with E-state index in [-0.39, 0.29) is 0 Å². The zero-order chi connectivity index (χ0) is 9.42. The molecule has 1 aromatic carbocycles. The van der Waals surface area contributed by atoms with Gasteiger partial charge in [-0.3, -0.25) is 9.89 Å². The molecule has 4 nitrogen and oxygen atoms in total. The van der Waals surface area contributed by atoms with Gasteiger partial charge in [-0.1, -0.05) is 0 Å². The van der Waals surface area contributed by atoms with Crippen molar-refractivity contribution >= 4 is 16.8 Å². The van der Waals surface area contributed by atoms with Gasteiger partial charge in [0.15, 0.2) is 0 Å². The molecular weight excluding hydrogens is 166 g/mol. The number of rotatable bonds is 1. The summed E-state index contributed by atoms with van der Waals surface area (Å²) in [5.41, 5.74) is 7.45. The lowest BCUT2D eigenvalue weighted by molar-refractivity contribution is 0.1000. The molecule has 0 spiro atoms. The van der Waals surface area contributed by atoms with Crippen LogP contribution >= 0.6 is 0 Å². The number of H-pyrrole nitrogens is 1. The predicted molar refractivity (Wildman–Crippen MR) is 49.3 cm³/mol. The number of carbonyl (C=O) groups is 1. The zero-order valence-electron chi connectivity index (χ0n) is 7.16. The number of aromatic nitrogens is 2. The van der Waals surface area contributed by atoms with Gasteiger partial charge in [-0.2, -0.15) is 5.10 Å². The summed E-state index contributed by atoms with van der Waals surface area (Å²) in [7, 11) is 0. The fraction of sp³-hybridized carbons (Fsp3) is 0.111. The molecule has 2 rings (SSSR count). The van der Waals surface area contributed by atoms with Crippen LogP contribution in [0.4, 0.5) is 0 Å². The van der Waals surface area contributed by atoms with Gasteiger partial charge in [-0.05, 0) is 24.6 Å². The minimum absolute atomic E-state index is 0.408. The van der Waals surface area contributed by atoms with Gasteiger partial charge in [0.05, 0.1) is 11.7 Å². The Morgan fingerprint density at radius 1 is 1.54 bits per heavy atom. The maximum atomic E-state index is 11.0. The van der Waals surface area contributed by atoms with Gasteiger partial charge in [-0.25, -0.2) is 0 Å². The molecule has 0 saturated carbocycles. The highest BCUT2D eigenvalue weighted by Crippen LogP contribution is 2.16. The third kappa shape index (κ3) is 1.16. The maximum absolute atomic E-state index is 11.0. The lowest BCUT2D eigenvalue weighted by Gasteiger charge is -2.00. The second-order valence-electron chi connectivity index (χ2n) is 2.99. The highest BCUT2D eigenvalue weighted by atomic mass is 16.1. The normalized spacial score (nSPS) is 10.5. The Hall–Kier alpha value is -1.84. The third-order valence-electron chi connectivity index (χ3n) is 2.05. The van der Waals surface area contributed by atoms with Gasteiger partial charge in [0.2, 0.25) is 5.91 Å². The number of amides is 1. The molecule has 1 aromatic heterocycles. The Balaban J connectivity index is 2.76. The van der Waals surface area contributed by atoms with Gasteiger partial charge >= 0.3 is 0 Å². The summed E-state index contributed by atoms with van der Waals surface area (Å²) in [5.74, 6) is -0.408. The van der Waals surface area contributed by atoms with Crippen LogP contribution in [0.15, 0.2) is 18.3 Å². The number of aryl methyl sites for hydroxylation is 1. The molecular formula is C9H9N3O. The van der Waals surface area contributed by atoms with Crippen molar-refractivity contribution < 1.29 is 4.79 Å². The van der Waals surface area contributed by atoms with E-state index in [1.54, 1.807) is 12.3 Å². The Kier molecular flexibility index (Phi) is 1.55. The largest absolute Gasteiger partial charge is 0.366 e. The van der Waals surface area contributed by atoms with Gasteiger partial charge in [-0.15, -0.1) is 0 Å². The van der Waals surface area contributed by atoms with Crippen molar-refractivity contribution in [2.24, 2.45) is 5.73 Å². The molecule has 0 aliphatic heterocycles. The molecule has 0 radical (unpaired) electrons. The minimum atomic E-state index is -0.408. The van der Waals surface area contributed by atoms with Crippen LogP contribution in [0.2, 0.25) is 0 Å². The quantitative estimate of drug-likeness (QED) is 0.677. The van der Waals surface area contributed by atoms with E-state index in [2.05, 4.69) is 10.2 Å². The number of primary amides is 1. The van der Waals surface area contributed by atoms with E-state index < -0.39 is 5.91 Å². The van der Waals surface area contributed by atoms with Crippen LogP contribution in [0, 0.1) is 6.92 Å². The minimum Gasteiger partial charge on any atom is -0.366 e. The van der Waals surface area contributed by atoms with Crippen molar-refractivity contribution in [3.63, 3.8) is 0 Å². The van der Waals surface area contributed by atoms with Crippen molar-refractivity contribution in [1.29, 1.82) is 0 Å². The van der Waals surface area contributed by atoms with Crippen LogP contribution < -0.4 is 5.73 Å². The second-order valence-corrected chi connectivity index (χ2v) is 2.99. The Labute approximate surface area is 74.7 Å². The summed E-state index contributed by atoms with van der Waals surface area (Å²) >= 11 is 0. The zero-order valence-corrected chi connectivity index (χ0v) is 7.16. The van der Waals surface area contributed by atoms with Gasteiger partial charge in [0, 0.05) is 10.9 Å².